The van der Waals surface area contributed by atoms with Gasteiger partial charge in [-0.3, -0.25) is 0 Å². The summed E-state index contributed by atoms with van der Waals surface area (Å²) in [6.07, 6.45) is 3.80. The first-order valence-corrected chi connectivity index (χ1v) is 6.75. The smallest absolute Gasteiger partial charge is 0.0610 e. The van der Waals surface area contributed by atoms with Crippen molar-refractivity contribution in [2.24, 2.45) is 11.8 Å². The van der Waals surface area contributed by atoms with Gasteiger partial charge in [0.25, 0.3) is 0 Å². The van der Waals surface area contributed by atoms with Crippen LogP contribution in [-0.4, -0.2) is 48.3 Å². The van der Waals surface area contributed by atoms with Gasteiger partial charge in [0.2, 0.25) is 0 Å². The lowest BCUT2D eigenvalue weighted by atomic mass is 9.76. The molecule has 0 spiro atoms. The molecule has 0 saturated carbocycles. The van der Waals surface area contributed by atoms with Crippen LogP contribution in [0.3, 0.4) is 0 Å². The van der Waals surface area contributed by atoms with E-state index >= 15 is 0 Å². The molecule has 3 heteroatoms. The molecule has 2 saturated heterocycles. The summed E-state index contributed by atoms with van der Waals surface area (Å²) in [5.41, 5.74) is -0.0252. The standard InChI is InChI=1S/C13H26N2O/c1-3-15-7-5-12(9-15)11-4-6-14-13(2,8-11)10-16/h11-12,14,16H,3-10H2,1-2H3. The largest absolute Gasteiger partial charge is 0.394 e. The summed E-state index contributed by atoms with van der Waals surface area (Å²) in [5.74, 6) is 1.68. The number of rotatable bonds is 3. The van der Waals surface area contributed by atoms with Crippen molar-refractivity contribution >= 4 is 0 Å². The number of likely N-dealkylation sites (tertiary alicyclic amines) is 1. The maximum absolute atomic E-state index is 9.44. The van der Waals surface area contributed by atoms with E-state index in [0.717, 1.165) is 24.8 Å². The Balaban J connectivity index is 1.90. The molecule has 0 bridgehead atoms. The monoisotopic (exact) mass is 226 g/mol. The third-order valence-corrected chi connectivity index (χ3v) is 4.55. The number of hydrogen-bond donors (Lipinski definition) is 2. The predicted molar refractivity (Wildman–Crippen MR) is 66.4 cm³/mol. The minimum atomic E-state index is -0.0252. The van der Waals surface area contributed by atoms with Crippen LogP contribution in [0.15, 0.2) is 0 Å². The molecule has 0 aromatic carbocycles. The highest BCUT2D eigenvalue weighted by molar-refractivity contribution is 4.93. The van der Waals surface area contributed by atoms with Gasteiger partial charge in [0, 0.05) is 12.1 Å². The molecule has 2 aliphatic heterocycles. The van der Waals surface area contributed by atoms with E-state index in [9.17, 15) is 5.11 Å². The van der Waals surface area contributed by atoms with E-state index in [2.05, 4.69) is 24.1 Å². The van der Waals surface area contributed by atoms with Crippen LogP contribution < -0.4 is 5.32 Å². The molecule has 3 atom stereocenters. The second-order valence-electron chi connectivity index (χ2n) is 5.84. The van der Waals surface area contributed by atoms with E-state index in [1.807, 2.05) is 0 Å². The van der Waals surface area contributed by atoms with Crippen molar-refractivity contribution in [1.29, 1.82) is 0 Å². The lowest BCUT2D eigenvalue weighted by molar-refractivity contribution is 0.0981. The van der Waals surface area contributed by atoms with Crippen LogP contribution in [0.4, 0.5) is 0 Å². The molecule has 0 aromatic rings. The number of piperidine rings is 1. The second-order valence-corrected chi connectivity index (χ2v) is 5.84. The van der Waals surface area contributed by atoms with Crippen LogP contribution in [0.5, 0.6) is 0 Å². The van der Waals surface area contributed by atoms with E-state index in [0.29, 0.717) is 0 Å². The van der Waals surface area contributed by atoms with Crippen molar-refractivity contribution in [1.82, 2.24) is 10.2 Å². The fraction of sp³-hybridized carbons (Fsp3) is 1.00. The third-order valence-electron chi connectivity index (χ3n) is 4.55. The maximum Gasteiger partial charge on any atom is 0.0610 e. The van der Waals surface area contributed by atoms with Crippen molar-refractivity contribution < 1.29 is 5.11 Å². The summed E-state index contributed by atoms with van der Waals surface area (Å²) in [4.78, 5) is 2.56. The Labute approximate surface area is 99.2 Å². The molecule has 3 unspecified atom stereocenters. The van der Waals surface area contributed by atoms with Crippen molar-refractivity contribution in [2.75, 3.05) is 32.8 Å². The van der Waals surface area contributed by atoms with Crippen LogP contribution >= 0.6 is 0 Å². The van der Waals surface area contributed by atoms with Crippen LogP contribution in [-0.2, 0) is 0 Å². The Morgan fingerprint density at radius 3 is 2.81 bits per heavy atom. The molecular weight excluding hydrogens is 200 g/mol. The van der Waals surface area contributed by atoms with Gasteiger partial charge in [0.1, 0.15) is 0 Å². The molecule has 0 aromatic heterocycles. The Morgan fingerprint density at radius 2 is 2.19 bits per heavy atom. The first kappa shape index (κ1) is 12.3. The van der Waals surface area contributed by atoms with Crippen molar-refractivity contribution in [2.45, 2.75) is 38.6 Å². The average Bonchev–Trinajstić information content (AvgIpc) is 2.78. The highest BCUT2D eigenvalue weighted by atomic mass is 16.3. The molecule has 0 amide bonds. The fourth-order valence-corrected chi connectivity index (χ4v) is 3.37. The summed E-state index contributed by atoms with van der Waals surface area (Å²) in [6.45, 7) is 9.51. The van der Waals surface area contributed by atoms with Crippen LogP contribution in [0.1, 0.15) is 33.1 Å². The minimum Gasteiger partial charge on any atom is -0.394 e. The summed E-state index contributed by atoms with van der Waals surface area (Å²) in [6, 6.07) is 0. The fourth-order valence-electron chi connectivity index (χ4n) is 3.37. The number of aliphatic hydroxyl groups is 1. The zero-order valence-electron chi connectivity index (χ0n) is 10.7. The van der Waals surface area contributed by atoms with Gasteiger partial charge in [-0.05, 0) is 57.7 Å². The van der Waals surface area contributed by atoms with E-state index in [1.54, 1.807) is 0 Å². The van der Waals surface area contributed by atoms with Gasteiger partial charge < -0.3 is 15.3 Å². The zero-order chi connectivity index (χ0) is 11.6. The summed E-state index contributed by atoms with van der Waals surface area (Å²) in [7, 11) is 0. The number of aliphatic hydroxyl groups excluding tert-OH is 1. The van der Waals surface area contributed by atoms with E-state index in [-0.39, 0.29) is 12.1 Å². The van der Waals surface area contributed by atoms with Crippen LogP contribution in [0, 0.1) is 11.8 Å². The molecule has 0 aliphatic carbocycles. The van der Waals surface area contributed by atoms with Crippen molar-refractivity contribution in [3.05, 3.63) is 0 Å². The Morgan fingerprint density at radius 1 is 1.38 bits per heavy atom. The minimum absolute atomic E-state index is 0.0252. The predicted octanol–water partition coefficient (Wildman–Crippen LogP) is 1.08. The maximum atomic E-state index is 9.44. The Hall–Kier alpha value is -0.120. The van der Waals surface area contributed by atoms with Gasteiger partial charge >= 0.3 is 0 Å². The number of hydrogen-bond acceptors (Lipinski definition) is 3. The molecule has 2 fully saturated rings. The first-order valence-electron chi connectivity index (χ1n) is 6.75. The molecule has 3 nitrogen and oxygen atoms in total. The third kappa shape index (κ3) is 2.58. The zero-order valence-corrected chi connectivity index (χ0v) is 10.7. The van der Waals surface area contributed by atoms with Gasteiger partial charge in [0.15, 0.2) is 0 Å². The summed E-state index contributed by atoms with van der Waals surface area (Å²) >= 11 is 0. The molecule has 2 rings (SSSR count). The van der Waals surface area contributed by atoms with Gasteiger partial charge in [-0.1, -0.05) is 6.92 Å². The van der Waals surface area contributed by atoms with E-state index in [1.165, 1.54) is 32.5 Å². The molecule has 2 heterocycles. The lowest BCUT2D eigenvalue weighted by Crippen LogP contribution is -2.52. The molecule has 16 heavy (non-hydrogen) atoms. The van der Waals surface area contributed by atoms with Crippen LogP contribution in [0.2, 0.25) is 0 Å². The lowest BCUT2D eigenvalue weighted by Gasteiger charge is -2.40. The van der Waals surface area contributed by atoms with Crippen molar-refractivity contribution in [3.63, 3.8) is 0 Å². The molecule has 2 N–H and O–H groups in total. The van der Waals surface area contributed by atoms with Gasteiger partial charge in [-0.15, -0.1) is 0 Å². The highest BCUT2D eigenvalue weighted by Gasteiger charge is 2.37. The van der Waals surface area contributed by atoms with Crippen molar-refractivity contribution in [3.8, 4) is 0 Å². The Bertz CT molecular complexity index is 234. The highest BCUT2D eigenvalue weighted by Crippen LogP contribution is 2.34. The SMILES string of the molecule is CCN1CCC(C2CCNC(C)(CO)C2)C1. The van der Waals surface area contributed by atoms with E-state index in [4.69, 9.17) is 0 Å². The second kappa shape index (κ2) is 5.03. The van der Waals surface area contributed by atoms with E-state index < -0.39 is 0 Å². The number of nitrogens with one attached hydrogen (secondary N) is 1. The molecule has 0 radical (unpaired) electrons. The molecule has 2 aliphatic rings. The van der Waals surface area contributed by atoms with Gasteiger partial charge in [0.05, 0.1) is 6.61 Å². The number of nitrogens with zero attached hydrogens (tertiary/aromatic N) is 1. The average molecular weight is 226 g/mol. The summed E-state index contributed by atoms with van der Waals surface area (Å²) in [5, 5.41) is 12.9. The van der Waals surface area contributed by atoms with Gasteiger partial charge in [-0.25, -0.2) is 0 Å². The molecule has 94 valence electrons. The Kier molecular flexibility index (Phi) is 3.88. The molecular formula is C13H26N2O. The topological polar surface area (TPSA) is 35.5 Å². The quantitative estimate of drug-likeness (QED) is 0.756. The van der Waals surface area contributed by atoms with Gasteiger partial charge in [-0.2, -0.15) is 0 Å². The summed E-state index contributed by atoms with van der Waals surface area (Å²) < 4.78 is 0. The first-order chi connectivity index (χ1) is 7.67. The van der Waals surface area contributed by atoms with Crippen LogP contribution in [0.25, 0.3) is 0 Å². The normalized spacial score (nSPS) is 41.4.